The fraction of sp³-hybridized carbons (Fsp3) is 0.682. The van der Waals surface area contributed by atoms with Gasteiger partial charge in [0.25, 0.3) is 0 Å². The number of hydrogen-bond donors (Lipinski definition) is 0. The summed E-state index contributed by atoms with van der Waals surface area (Å²) in [4.78, 5) is 18.4. The van der Waals surface area contributed by atoms with Crippen LogP contribution in [-0.2, 0) is 11.2 Å². The number of amides is 1. The van der Waals surface area contributed by atoms with Gasteiger partial charge in [0, 0.05) is 24.5 Å². The van der Waals surface area contributed by atoms with E-state index < -0.39 is 0 Å². The highest BCUT2D eigenvalue weighted by Crippen LogP contribution is 2.45. The van der Waals surface area contributed by atoms with E-state index in [0.29, 0.717) is 11.9 Å². The smallest absolute Gasteiger partial charge is 0.226 e. The standard InChI is InChI=1S/C22H30N2O/c25-22-17(14-16-6-2-1-3-7-16)10-11-20-19-9-5-13-23-12-4-8-18(21(19)23)15-24(20)22/h1-3,6-7,17-21H,4-5,8-15H2/t17?,18-,19+,20+,21-/m0/s1. The fourth-order valence-electron chi connectivity index (χ4n) is 6.44. The largest absolute Gasteiger partial charge is 0.339 e. The molecule has 25 heavy (non-hydrogen) atoms. The van der Waals surface area contributed by atoms with Crippen molar-refractivity contribution in [3.63, 3.8) is 0 Å². The van der Waals surface area contributed by atoms with Gasteiger partial charge in [0.1, 0.15) is 0 Å². The van der Waals surface area contributed by atoms with Crippen LogP contribution in [0.25, 0.3) is 0 Å². The minimum absolute atomic E-state index is 0.207. The normalized spacial score (nSPS) is 38.2. The predicted molar refractivity (Wildman–Crippen MR) is 99.2 cm³/mol. The van der Waals surface area contributed by atoms with Crippen molar-refractivity contribution >= 4 is 5.91 Å². The van der Waals surface area contributed by atoms with Crippen molar-refractivity contribution < 1.29 is 4.79 Å². The molecular weight excluding hydrogens is 308 g/mol. The van der Waals surface area contributed by atoms with E-state index in [9.17, 15) is 4.79 Å². The summed E-state index contributed by atoms with van der Waals surface area (Å²) in [6.07, 6.45) is 8.57. The Balaban J connectivity index is 1.36. The minimum Gasteiger partial charge on any atom is -0.339 e. The molecule has 0 N–H and O–H groups in total. The van der Waals surface area contributed by atoms with Crippen molar-refractivity contribution in [2.75, 3.05) is 19.6 Å². The average molecular weight is 338 g/mol. The molecular formula is C22H30N2O. The maximum Gasteiger partial charge on any atom is 0.226 e. The Morgan fingerprint density at radius 3 is 2.60 bits per heavy atom. The second-order valence-corrected chi connectivity index (χ2v) is 8.76. The van der Waals surface area contributed by atoms with Crippen LogP contribution in [0.3, 0.4) is 0 Å². The number of benzene rings is 1. The number of hydrogen-bond acceptors (Lipinski definition) is 2. The van der Waals surface area contributed by atoms with E-state index >= 15 is 0 Å². The Morgan fingerprint density at radius 2 is 1.76 bits per heavy atom. The zero-order chi connectivity index (χ0) is 16.8. The Kier molecular flexibility index (Phi) is 4.08. The molecule has 0 aliphatic carbocycles. The van der Waals surface area contributed by atoms with Crippen molar-refractivity contribution in [2.45, 2.75) is 57.0 Å². The Labute approximate surface area is 151 Å². The third-order valence-electron chi connectivity index (χ3n) is 7.44. The van der Waals surface area contributed by atoms with E-state index in [0.717, 1.165) is 37.3 Å². The molecule has 4 aliphatic rings. The first-order chi connectivity index (χ1) is 12.3. The zero-order valence-electron chi connectivity index (χ0n) is 15.1. The number of piperidine rings is 4. The second kappa shape index (κ2) is 6.42. The summed E-state index contributed by atoms with van der Waals surface area (Å²) in [6, 6.07) is 11.9. The van der Waals surface area contributed by atoms with Crippen LogP contribution in [0.1, 0.15) is 44.1 Å². The number of carbonyl (C=O) groups excluding carboxylic acids is 1. The van der Waals surface area contributed by atoms with Crippen molar-refractivity contribution in [2.24, 2.45) is 17.8 Å². The molecule has 1 aromatic rings. The molecule has 4 fully saturated rings. The maximum atomic E-state index is 13.3. The summed E-state index contributed by atoms with van der Waals surface area (Å²) < 4.78 is 0. The molecule has 0 saturated carbocycles. The summed E-state index contributed by atoms with van der Waals surface area (Å²) in [5, 5.41) is 0. The molecule has 0 aromatic heterocycles. The highest BCUT2D eigenvalue weighted by molar-refractivity contribution is 5.80. The highest BCUT2D eigenvalue weighted by atomic mass is 16.2. The summed E-state index contributed by atoms with van der Waals surface area (Å²) in [5.74, 6) is 2.14. The quantitative estimate of drug-likeness (QED) is 0.826. The molecule has 1 amide bonds. The molecule has 4 heterocycles. The molecule has 5 rings (SSSR count). The predicted octanol–water partition coefficient (Wildman–Crippen LogP) is 3.34. The monoisotopic (exact) mass is 338 g/mol. The summed E-state index contributed by atoms with van der Waals surface area (Å²) in [5.41, 5.74) is 1.32. The molecule has 1 unspecified atom stereocenters. The molecule has 0 radical (unpaired) electrons. The van der Waals surface area contributed by atoms with Crippen molar-refractivity contribution in [1.82, 2.24) is 9.80 Å². The van der Waals surface area contributed by atoms with Gasteiger partial charge in [-0.05, 0) is 75.4 Å². The number of nitrogens with zero attached hydrogens (tertiary/aromatic N) is 2. The zero-order valence-corrected chi connectivity index (χ0v) is 15.1. The molecule has 3 nitrogen and oxygen atoms in total. The molecule has 134 valence electrons. The van der Waals surface area contributed by atoms with Crippen LogP contribution in [0.2, 0.25) is 0 Å². The van der Waals surface area contributed by atoms with Crippen LogP contribution in [0.5, 0.6) is 0 Å². The fourth-order valence-corrected chi connectivity index (χ4v) is 6.44. The minimum atomic E-state index is 0.207. The number of rotatable bonds is 2. The van der Waals surface area contributed by atoms with Gasteiger partial charge in [-0.15, -0.1) is 0 Å². The van der Waals surface area contributed by atoms with Gasteiger partial charge in [-0.2, -0.15) is 0 Å². The van der Waals surface area contributed by atoms with Crippen LogP contribution < -0.4 is 0 Å². The molecule has 0 bridgehead atoms. The Morgan fingerprint density at radius 1 is 0.960 bits per heavy atom. The van der Waals surface area contributed by atoms with Gasteiger partial charge >= 0.3 is 0 Å². The van der Waals surface area contributed by atoms with Crippen molar-refractivity contribution in [3.05, 3.63) is 35.9 Å². The van der Waals surface area contributed by atoms with Crippen LogP contribution in [0, 0.1) is 17.8 Å². The van der Waals surface area contributed by atoms with E-state index in [2.05, 4.69) is 40.1 Å². The third-order valence-corrected chi connectivity index (χ3v) is 7.44. The van der Waals surface area contributed by atoms with E-state index in [4.69, 9.17) is 0 Å². The number of carbonyl (C=O) groups is 1. The SMILES string of the molecule is O=C1C(Cc2ccccc2)CC[C@@H]2[C@H]3CCCN4CCC[C@@H](CN12)[C@@H]34. The first kappa shape index (κ1) is 15.9. The van der Waals surface area contributed by atoms with Gasteiger partial charge in [0.05, 0.1) is 0 Å². The topological polar surface area (TPSA) is 23.6 Å². The first-order valence-corrected chi connectivity index (χ1v) is 10.4. The van der Waals surface area contributed by atoms with Gasteiger partial charge < -0.3 is 4.90 Å². The first-order valence-electron chi connectivity index (χ1n) is 10.4. The molecule has 0 spiro atoms. The maximum absolute atomic E-state index is 13.3. The lowest BCUT2D eigenvalue weighted by molar-refractivity contribution is -0.156. The van der Waals surface area contributed by atoms with Crippen molar-refractivity contribution in [1.29, 1.82) is 0 Å². The Bertz CT molecular complexity index is 628. The summed E-state index contributed by atoms with van der Waals surface area (Å²) >= 11 is 0. The van der Waals surface area contributed by atoms with Gasteiger partial charge in [-0.1, -0.05) is 30.3 Å². The van der Waals surface area contributed by atoms with Crippen LogP contribution in [-0.4, -0.2) is 47.4 Å². The lowest BCUT2D eigenvalue weighted by Gasteiger charge is -2.59. The second-order valence-electron chi connectivity index (χ2n) is 8.76. The van der Waals surface area contributed by atoms with E-state index in [1.54, 1.807) is 0 Å². The van der Waals surface area contributed by atoms with Crippen LogP contribution in [0.15, 0.2) is 30.3 Å². The Hall–Kier alpha value is -1.35. The lowest BCUT2D eigenvalue weighted by atomic mass is 9.67. The molecule has 3 heteroatoms. The van der Waals surface area contributed by atoms with Crippen LogP contribution >= 0.6 is 0 Å². The van der Waals surface area contributed by atoms with E-state index in [1.807, 2.05) is 0 Å². The molecule has 4 aliphatic heterocycles. The van der Waals surface area contributed by atoms with Crippen LogP contribution in [0.4, 0.5) is 0 Å². The average Bonchev–Trinajstić information content (AvgIpc) is 2.66. The summed E-state index contributed by atoms with van der Waals surface area (Å²) in [7, 11) is 0. The van der Waals surface area contributed by atoms with Gasteiger partial charge in [-0.25, -0.2) is 0 Å². The van der Waals surface area contributed by atoms with E-state index in [1.165, 1.54) is 50.8 Å². The van der Waals surface area contributed by atoms with Crippen molar-refractivity contribution in [3.8, 4) is 0 Å². The number of fused-ring (bicyclic) bond motifs is 2. The van der Waals surface area contributed by atoms with Gasteiger partial charge in [-0.3, -0.25) is 9.69 Å². The van der Waals surface area contributed by atoms with E-state index in [-0.39, 0.29) is 5.92 Å². The third kappa shape index (κ3) is 2.71. The molecule has 4 saturated heterocycles. The molecule has 1 aromatic carbocycles. The highest BCUT2D eigenvalue weighted by Gasteiger charge is 2.51. The summed E-state index contributed by atoms with van der Waals surface area (Å²) in [6.45, 7) is 3.64. The van der Waals surface area contributed by atoms with Gasteiger partial charge in [0.2, 0.25) is 5.91 Å². The van der Waals surface area contributed by atoms with Gasteiger partial charge in [0.15, 0.2) is 0 Å². The molecule has 5 atom stereocenters. The lowest BCUT2D eigenvalue weighted by Crippen LogP contribution is -2.67.